The van der Waals surface area contributed by atoms with Crippen molar-refractivity contribution >= 4 is 55.7 Å². The number of rotatable bonds is 7. The maximum Gasteiger partial charge on any atom is 0.293 e. The van der Waals surface area contributed by atoms with Crippen LogP contribution in [0.25, 0.3) is 16.8 Å². The number of benzene rings is 4. The lowest BCUT2D eigenvalue weighted by atomic mass is 10.0. The smallest absolute Gasteiger partial charge is 0.293 e. The fourth-order valence-corrected chi connectivity index (χ4v) is 5.55. The summed E-state index contributed by atoms with van der Waals surface area (Å²) in [5.74, 6) is 0.210. The van der Waals surface area contributed by atoms with Crippen molar-refractivity contribution in [3.05, 3.63) is 111 Å². The number of hydrogen-bond acceptors (Lipinski definition) is 5. The number of thioether (sulfide) groups is 1. The predicted molar refractivity (Wildman–Crippen MR) is 147 cm³/mol. The van der Waals surface area contributed by atoms with Gasteiger partial charge in [0.05, 0.1) is 23.0 Å². The van der Waals surface area contributed by atoms with E-state index in [1.54, 1.807) is 30.3 Å². The summed E-state index contributed by atoms with van der Waals surface area (Å²) in [6.45, 7) is 0.350. The summed E-state index contributed by atoms with van der Waals surface area (Å²) in [5, 5.41) is 1.75. The number of hydrogen-bond donors (Lipinski definition) is 0. The summed E-state index contributed by atoms with van der Waals surface area (Å²) in [6, 6.07) is 23.4. The Morgan fingerprint density at radius 3 is 2.59 bits per heavy atom. The highest BCUT2D eigenvalue weighted by Gasteiger charge is 2.35. The number of carbonyl (C=O) groups is 2. The van der Waals surface area contributed by atoms with Crippen LogP contribution in [0.2, 0.25) is 0 Å². The highest BCUT2D eigenvalue weighted by molar-refractivity contribution is 9.10. The Morgan fingerprint density at radius 2 is 1.78 bits per heavy atom. The molecule has 4 aromatic rings. The molecule has 1 aliphatic rings. The minimum atomic E-state index is -0.343. The number of fused-ring (bicyclic) bond motifs is 1. The molecule has 186 valence electrons. The number of nitrogens with zero attached hydrogens (tertiary/aromatic N) is 1. The molecule has 2 amide bonds. The molecule has 0 bridgehead atoms. The van der Waals surface area contributed by atoms with E-state index in [1.165, 1.54) is 24.1 Å². The number of imide groups is 1. The number of amides is 2. The molecule has 0 aromatic heterocycles. The van der Waals surface area contributed by atoms with E-state index < -0.39 is 0 Å². The van der Waals surface area contributed by atoms with Crippen LogP contribution in [0.1, 0.15) is 16.7 Å². The van der Waals surface area contributed by atoms with Crippen LogP contribution in [0.3, 0.4) is 0 Å². The van der Waals surface area contributed by atoms with E-state index in [2.05, 4.69) is 15.9 Å². The molecule has 0 unspecified atom stereocenters. The molecule has 0 N–H and O–H groups in total. The topological polar surface area (TPSA) is 55.8 Å². The molecule has 0 saturated carbocycles. The lowest BCUT2D eigenvalue weighted by Gasteiger charge is -2.15. The summed E-state index contributed by atoms with van der Waals surface area (Å²) in [7, 11) is 1.51. The van der Waals surface area contributed by atoms with E-state index in [0.29, 0.717) is 32.0 Å². The van der Waals surface area contributed by atoms with Gasteiger partial charge >= 0.3 is 0 Å². The maximum atomic E-state index is 13.5. The van der Waals surface area contributed by atoms with E-state index in [4.69, 9.17) is 9.47 Å². The molecule has 1 saturated heterocycles. The SMILES string of the molecule is COc1cc(/C=C2/SC(=O)N(Cc3cccc4ccccc34)C2=O)cc(Br)c1OCc1cccc(F)c1. The van der Waals surface area contributed by atoms with E-state index in [0.717, 1.165) is 28.1 Å². The van der Waals surface area contributed by atoms with Gasteiger partial charge in [-0.2, -0.15) is 0 Å². The van der Waals surface area contributed by atoms with E-state index in [-0.39, 0.29) is 30.1 Å². The van der Waals surface area contributed by atoms with E-state index >= 15 is 0 Å². The normalized spacial score (nSPS) is 14.6. The van der Waals surface area contributed by atoms with Crippen molar-refractivity contribution in [2.75, 3.05) is 7.11 Å². The van der Waals surface area contributed by atoms with Crippen molar-refractivity contribution < 1.29 is 23.5 Å². The van der Waals surface area contributed by atoms with Crippen molar-refractivity contribution in [3.63, 3.8) is 0 Å². The Labute approximate surface area is 226 Å². The molecule has 0 radical (unpaired) electrons. The lowest BCUT2D eigenvalue weighted by Crippen LogP contribution is -2.27. The minimum absolute atomic E-state index is 0.152. The van der Waals surface area contributed by atoms with Crippen LogP contribution in [0, 0.1) is 5.82 Å². The highest BCUT2D eigenvalue weighted by Crippen LogP contribution is 2.40. The second-order valence-corrected chi connectivity index (χ2v) is 10.2. The van der Waals surface area contributed by atoms with E-state index in [1.807, 2.05) is 42.5 Å². The number of halogens is 2. The van der Waals surface area contributed by atoms with Crippen LogP contribution in [0.5, 0.6) is 11.5 Å². The zero-order chi connectivity index (χ0) is 25.9. The second kappa shape index (κ2) is 10.8. The number of carbonyl (C=O) groups excluding carboxylic acids is 2. The Hall–Kier alpha value is -3.62. The van der Waals surface area contributed by atoms with Crippen LogP contribution in [-0.2, 0) is 17.9 Å². The fourth-order valence-electron chi connectivity index (χ4n) is 4.13. The molecule has 5 rings (SSSR count). The molecule has 1 aliphatic heterocycles. The molecule has 37 heavy (non-hydrogen) atoms. The average molecular weight is 578 g/mol. The quantitative estimate of drug-likeness (QED) is 0.212. The number of methoxy groups -OCH3 is 1. The van der Waals surface area contributed by atoms with Gasteiger partial charge in [-0.3, -0.25) is 14.5 Å². The largest absolute Gasteiger partial charge is 0.493 e. The van der Waals surface area contributed by atoms with Gasteiger partial charge in [0.15, 0.2) is 11.5 Å². The van der Waals surface area contributed by atoms with Gasteiger partial charge < -0.3 is 9.47 Å². The average Bonchev–Trinajstić information content (AvgIpc) is 3.15. The summed E-state index contributed by atoms with van der Waals surface area (Å²) < 4.78 is 25.5. The minimum Gasteiger partial charge on any atom is -0.493 e. The summed E-state index contributed by atoms with van der Waals surface area (Å²) >= 11 is 4.41. The molecule has 4 aromatic carbocycles. The van der Waals surface area contributed by atoms with Crippen LogP contribution in [0.4, 0.5) is 9.18 Å². The Bertz CT molecular complexity index is 1550. The molecule has 0 aliphatic carbocycles. The van der Waals surface area contributed by atoms with Crippen molar-refractivity contribution in [1.82, 2.24) is 4.90 Å². The Balaban J connectivity index is 1.37. The van der Waals surface area contributed by atoms with Crippen LogP contribution in [-0.4, -0.2) is 23.2 Å². The first-order chi connectivity index (χ1) is 17.9. The van der Waals surface area contributed by atoms with Gasteiger partial charge in [-0.25, -0.2) is 4.39 Å². The predicted octanol–water partition coefficient (Wildman–Crippen LogP) is 7.57. The van der Waals surface area contributed by atoms with Crippen LogP contribution < -0.4 is 9.47 Å². The van der Waals surface area contributed by atoms with Gasteiger partial charge in [0.25, 0.3) is 11.1 Å². The van der Waals surface area contributed by atoms with Gasteiger partial charge in [-0.05, 0) is 85.5 Å². The third kappa shape index (κ3) is 5.40. The first-order valence-corrected chi connectivity index (χ1v) is 13.0. The van der Waals surface area contributed by atoms with Gasteiger partial charge in [0, 0.05) is 0 Å². The second-order valence-electron chi connectivity index (χ2n) is 8.36. The van der Waals surface area contributed by atoms with Crippen LogP contribution >= 0.6 is 27.7 Å². The molecular weight excluding hydrogens is 557 g/mol. The van der Waals surface area contributed by atoms with Crippen LogP contribution in [0.15, 0.2) is 88.2 Å². The Kier molecular flexibility index (Phi) is 7.30. The summed E-state index contributed by atoms with van der Waals surface area (Å²) in [6.07, 6.45) is 1.66. The zero-order valence-corrected chi connectivity index (χ0v) is 22.1. The molecule has 5 nitrogen and oxygen atoms in total. The van der Waals surface area contributed by atoms with Crippen molar-refractivity contribution in [3.8, 4) is 11.5 Å². The first kappa shape index (κ1) is 25.0. The summed E-state index contributed by atoms with van der Waals surface area (Å²) in [4.78, 5) is 27.5. The third-order valence-corrected chi connectivity index (χ3v) is 7.40. The maximum absolute atomic E-state index is 13.5. The van der Waals surface area contributed by atoms with Gasteiger partial charge in [0.2, 0.25) is 0 Å². The monoisotopic (exact) mass is 577 g/mol. The van der Waals surface area contributed by atoms with Crippen molar-refractivity contribution in [2.24, 2.45) is 0 Å². The zero-order valence-electron chi connectivity index (χ0n) is 19.7. The highest BCUT2D eigenvalue weighted by atomic mass is 79.9. The van der Waals surface area contributed by atoms with Gasteiger partial charge in [0.1, 0.15) is 12.4 Å². The Morgan fingerprint density at radius 1 is 1.00 bits per heavy atom. The molecule has 0 atom stereocenters. The fraction of sp³-hybridized carbons (Fsp3) is 0.103. The molecule has 1 fully saturated rings. The third-order valence-electron chi connectivity index (χ3n) is 5.90. The molecule has 1 heterocycles. The lowest BCUT2D eigenvalue weighted by molar-refractivity contribution is -0.123. The molecule has 8 heteroatoms. The number of ether oxygens (including phenoxy) is 2. The van der Waals surface area contributed by atoms with Crippen molar-refractivity contribution in [2.45, 2.75) is 13.2 Å². The standard InChI is InChI=1S/C29H21BrFNO4S/c1-35-25-14-19(13-24(30)27(25)36-17-18-6-4-10-22(31)12-18)15-26-28(33)32(29(34)37-26)16-21-9-5-8-20-7-2-3-11-23(20)21/h2-15H,16-17H2,1H3/b26-15+. The first-order valence-electron chi connectivity index (χ1n) is 11.4. The molecular formula is C29H21BrFNO4S. The van der Waals surface area contributed by atoms with Crippen molar-refractivity contribution in [1.29, 1.82) is 0 Å². The van der Waals surface area contributed by atoms with E-state index in [9.17, 15) is 14.0 Å². The summed E-state index contributed by atoms with van der Waals surface area (Å²) in [5.41, 5.74) is 2.25. The van der Waals surface area contributed by atoms with Gasteiger partial charge in [-0.1, -0.05) is 54.6 Å². The van der Waals surface area contributed by atoms with Gasteiger partial charge in [-0.15, -0.1) is 0 Å². The molecule has 0 spiro atoms.